The fraction of sp³-hybridized carbons (Fsp3) is 0.839. The number of esters is 1. The van der Waals surface area contributed by atoms with Gasteiger partial charge < -0.3 is 34.6 Å². The third-order valence-electron chi connectivity index (χ3n) is 12.0. The van der Waals surface area contributed by atoms with Gasteiger partial charge in [0.1, 0.15) is 12.2 Å². The van der Waals surface area contributed by atoms with Crippen molar-refractivity contribution in [3.8, 4) is 0 Å². The van der Waals surface area contributed by atoms with Gasteiger partial charge in [-0.05, 0) is 73.2 Å². The zero-order valence-corrected chi connectivity index (χ0v) is 38.2. The van der Waals surface area contributed by atoms with Crippen molar-refractivity contribution in [2.24, 2.45) is 39.9 Å². The molecule has 18 nitrogen and oxygen atoms in total. The monoisotopic (exact) mass is 848 g/mol. The first-order chi connectivity index (χ1) is 23.5. The van der Waals surface area contributed by atoms with Crippen LogP contribution in [0.5, 0.6) is 0 Å². The van der Waals surface area contributed by atoms with E-state index in [4.69, 9.17) is 18.4 Å². The van der Waals surface area contributed by atoms with Crippen LogP contribution in [0.1, 0.15) is 72.1 Å². The van der Waals surface area contributed by atoms with Crippen molar-refractivity contribution in [3.05, 3.63) is 12.2 Å². The van der Waals surface area contributed by atoms with E-state index in [1.54, 1.807) is 20.8 Å². The molecular weight excluding hydrogens is 803 g/mol. The van der Waals surface area contributed by atoms with Gasteiger partial charge in [-0.25, -0.2) is 8.37 Å². The number of hydrogen-bond donors (Lipinski definition) is 6. The Labute approximate surface area is 393 Å². The SMILES string of the molecule is C=C1C2CCC3C4(C)CC(OC5OC(CO)C(OS(=O)(=O)O)C(OS(=O)(=O)O)C5OC(=O)CC(C)C)CC(C(=O)O)(C(=O)O)C4CCC3(C2)C1O.[K].[K]. The van der Waals surface area contributed by atoms with Crippen molar-refractivity contribution >= 4 is 141 Å². The summed E-state index contributed by atoms with van der Waals surface area (Å²) in [4.78, 5) is 39.3. The molecule has 6 N–H and O–H groups in total. The number of fused-ring (bicyclic) bond motifs is 3. The van der Waals surface area contributed by atoms with Crippen molar-refractivity contribution in [1.29, 1.82) is 0 Å². The summed E-state index contributed by atoms with van der Waals surface area (Å²) in [6, 6.07) is 0. The second-order valence-corrected chi connectivity index (χ2v) is 17.4. The van der Waals surface area contributed by atoms with Crippen LogP contribution in [0.15, 0.2) is 12.2 Å². The standard InChI is InChI=1S/C31H46O18S2.2K/c1-14(2)9-21(33)47-24-23(49-51(42,43)44)22(48-50(39,40)41)18(13-32)46-26(24)45-17-11-29(4)19-6-5-16-10-30(19,25(34)15(16)3)8-7-20(29)31(12-17,27(35)36)28(37)38;;/h14,16-20,22-26,32,34H,3,5-13H2,1-2,4H3,(H,35,36)(H,37,38)(H,39,40,41)(H,42,43,44);;. The van der Waals surface area contributed by atoms with Gasteiger partial charge in [0.05, 0.1) is 18.8 Å². The molecule has 5 aliphatic rings. The second kappa shape index (κ2) is 17.7. The van der Waals surface area contributed by atoms with Gasteiger partial charge in [0.15, 0.2) is 23.9 Å². The number of ether oxygens (including phenoxy) is 3. The molecule has 12 unspecified atom stereocenters. The Morgan fingerprint density at radius 2 is 1.49 bits per heavy atom. The quantitative estimate of drug-likeness (QED) is 0.0386. The largest absolute Gasteiger partial charge is 0.480 e. The van der Waals surface area contributed by atoms with Crippen LogP contribution in [0.2, 0.25) is 0 Å². The average Bonchev–Trinajstić information content (AvgIpc) is 3.16. The predicted molar refractivity (Wildman–Crippen MR) is 180 cm³/mol. The number of carbonyl (C=O) groups is 3. The molecule has 0 aromatic rings. The summed E-state index contributed by atoms with van der Waals surface area (Å²) in [6.45, 7) is 8.03. The van der Waals surface area contributed by atoms with Crippen molar-refractivity contribution in [2.75, 3.05) is 6.61 Å². The van der Waals surface area contributed by atoms with Crippen molar-refractivity contribution in [3.63, 3.8) is 0 Å². The van der Waals surface area contributed by atoms with E-state index >= 15 is 0 Å². The van der Waals surface area contributed by atoms with Crippen LogP contribution in [0.3, 0.4) is 0 Å². The fourth-order valence-corrected chi connectivity index (χ4v) is 11.3. The maximum atomic E-state index is 13.1. The van der Waals surface area contributed by atoms with Crippen molar-refractivity contribution < 1.29 is 83.3 Å². The summed E-state index contributed by atoms with van der Waals surface area (Å²) in [5.74, 6) is -5.84. The minimum absolute atomic E-state index is 0. The van der Waals surface area contributed by atoms with Crippen LogP contribution in [-0.2, 0) is 57.8 Å². The molecule has 0 aromatic heterocycles. The molecule has 0 amide bonds. The van der Waals surface area contributed by atoms with E-state index in [1.807, 2.05) is 0 Å². The molecule has 1 spiro atoms. The third kappa shape index (κ3) is 9.42. The van der Waals surface area contributed by atoms with Gasteiger partial charge in [-0.1, -0.05) is 27.4 Å². The molecule has 1 saturated heterocycles. The van der Waals surface area contributed by atoms with Crippen LogP contribution in [0, 0.1) is 39.9 Å². The number of carbonyl (C=O) groups excluding carboxylic acids is 1. The second-order valence-electron chi connectivity index (χ2n) is 15.3. The average molecular weight is 849 g/mol. The summed E-state index contributed by atoms with van der Waals surface area (Å²) in [5, 5.41) is 42.9. The van der Waals surface area contributed by atoms with Gasteiger partial charge in [-0.2, -0.15) is 16.8 Å². The van der Waals surface area contributed by atoms with Crippen LogP contribution in [0.25, 0.3) is 0 Å². The molecule has 1 heterocycles. The maximum Gasteiger partial charge on any atom is 0.397 e. The van der Waals surface area contributed by atoms with E-state index in [1.165, 1.54) is 0 Å². The van der Waals surface area contributed by atoms with Crippen LogP contribution in [-0.4, -0.2) is 217 Å². The van der Waals surface area contributed by atoms with Gasteiger partial charge in [0, 0.05) is 121 Å². The molecule has 2 bridgehead atoms. The summed E-state index contributed by atoms with van der Waals surface area (Å²) in [7, 11) is -11.0. The molecule has 4 aliphatic carbocycles. The zero-order chi connectivity index (χ0) is 38.1. The zero-order valence-electron chi connectivity index (χ0n) is 30.3. The van der Waals surface area contributed by atoms with Crippen molar-refractivity contribution in [2.45, 2.75) is 115 Å². The van der Waals surface area contributed by atoms with E-state index < -0.39 is 117 Å². The Kier molecular flexibility index (Phi) is 16.1. The van der Waals surface area contributed by atoms with E-state index in [0.717, 1.165) is 0 Å². The van der Waals surface area contributed by atoms with Gasteiger partial charge >= 0.3 is 38.7 Å². The van der Waals surface area contributed by atoms with Crippen LogP contribution >= 0.6 is 0 Å². The number of carboxylic acids is 2. The topological polar surface area (TPSA) is 287 Å². The molecule has 2 radical (unpaired) electrons. The number of aliphatic carboxylic acids is 2. The molecule has 292 valence electrons. The van der Waals surface area contributed by atoms with Crippen molar-refractivity contribution in [1.82, 2.24) is 0 Å². The van der Waals surface area contributed by atoms with E-state index in [2.05, 4.69) is 10.8 Å². The van der Waals surface area contributed by atoms with Crippen LogP contribution < -0.4 is 0 Å². The van der Waals surface area contributed by atoms with Gasteiger partial charge in [-0.3, -0.25) is 23.5 Å². The van der Waals surface area contributed by atoms with Crippen LogP contribution in [0.4, 0.5) is 0 Å². The first-order valence-electron chi connectivity index (χ1n) is 16.7. The molecule has 5 fully saturated rings. The van der Waals surface area contributed by atoms with Gasteiger partial charge in [-0.15, -0.1) is 0 Å². The summed E-state index contributed by atoms with van der Waals surface area (Å²) in [6.07, 6.45) is -11.5. The molecule has 4 saturated carbocycles. The molecule has 22 heteroatoms. The van der Waals surface area contributed by atoms with E-state index in [9.17, 15) is 60.8 Å². The molecular formula is C31H46K2O18S2. The van der Waals surface area contributed by atoms with E-state index in [-0.39, 0.29) is 140 Å². The molecule has 1 aliphatic heterocycles. The Bertz CT molecular complexity index is 1630. The molecule has 5 rings (SSSR count). The fourth-order valence-electron chi connectivity index (χ4n) is 10.3. The smallest absolute Gasteiger partial charge is 0.397 e. The number of aliphatic hydroxyl groups excluding tert-OH is 2. The summed E-state index contributed by atoms with van der Waals surface area (Å²) < 4.78 is 93.4. The van der Waals surface area contributed by atoms with Gasteiger partial charge in [0.25, 0.3) is 0 Å². The first kappa shape index (κ1) is 48.4. The predicted octanol–water partition coefficient (Wildman–Crippen LogP) is 0.360. The third-order valence-corrected chi connectivity index (χ3v) is 12.9. The molecule has 12 atom stereocenters. The Morgan fingerprint density at radius 3 is 2.02 bits per heavy atom. The Balaban J connectivity index is 0.00000378. The Morgan fingerprint density at radius 1 is 0.906 bits per heavy atom. The minimum atomic E-state index is -5.51. The normalized spacial score (nSPS) is 39.1. The first-order valence-corrected chi connectivity index (χ1v) is 19.5. The minimum Gasteiger partial charge on any atom is -0.480 e. The number of rotatable bonds is 12. The van der Waals surface area contributed by atoms with Gasteiger partial charge in [0.2, 0.25) is 0 Å². The Hall–Kier alpha value is 1.00. The van der Waals surface area contributed by atoms with E-state index in [0.29, 0.717) is 31.3 Å². The number of carboxylic acid groups (broad SMARTS) is 2. The number of aliphatic hydroxyl groups is 2. The summed E-state index contributed by atoms with van der Waals surface area (Å²) >= 11 is 0. The number of hydrogen-bond acceptors (Lipinski definition) is 14. The molecule has 53 heavy (non-hydrogen) atoms. The molecule has 0 aromatic carbocycles. The maximum absolute atomic E-state index is 13.1. The summed E-state index contributed by atoms with van der Waals surface area (Å²) in [5.41, 5.74) is -3.52.